The van der Waals surface area contributed by atoms with Crippen LogP contribution in [-0.2, 0) is 16.1 Å². The van der Waals surface area contributed by atoms with Crippen LogP contribution in [0.4, 0.5) is 0 Å². The van der Waals surface area contributed by atoms with Gasteiger partial charge in [-0.1, -0.05) is 29.8 Å². The first kappa shape index (κ1) is 18.9. The molecule has 1 atom stereocenters. The molecule has 5 nitrogen and oxygen atoms in total. The normalized spacial score (nSPS) is 11.4. The van der Waals surface area contributed by atoms with Crippen molar-refractivity contribution in [2.45, 2.75) is 19.6 Å². The first-order valence-corrected chi connectivity index (χ1v) is 9.35. The van der Waals surface area contributed by atoms with E-state index in [9.17, 15) is 4.79 Å². The summed E-state index contributed by atoms with van der Waals surface area (Å²) in [6.07, 6.45) is -0.778. The van der Waals surface area contributed by atoms with E-state index in [0.717, 1.165) is 10.6 Å². The van der Waals surface area contributed by atoms with Crippen LogP contribution in [0.5, 0.6) is 5.75 Å². The van der Waals surface area contributed by atoms with Gasteiger partial charge in [0, 0.05) is 10.9 Å². The Morgan fingerprint density at radius 3 is 2.70 bits per heavy atom. The zero-order chi connectivity index (χ0) is 19.2. The van der Waals surface area contributed by atoms with E-state index < -0.39 is 12.1 Å². The Hall–Kier alpha value is -2.88. The summed E-state index contributed by atoms with van der Waals surface area (Å²) >= 11 is 7.62. The highest BCUT2D eigenvalue weighted by atomic mass is 35.5. The minimum atomic E-state index is -0.778. The number of thiazole rings is 1. The smallest absolute Gasteiger partial charge is 0.347 e. The monoisotopic (exact) mass is 398 g/mol. The highest BCUT2D eigenvalue weighted by Gasteiger charge is 2.17. The fourth-order valence-electron chi connectivity index (χ4n) is 2.25. The van der Waals surface area contributed by atoms with Gasteiger partial charge in [0.25, 0.3) is 0 Å². The zero-order valence-corrected chi connectivity index (χ0v) is 16.0. The maximum atomic E-state index is 12.1. The van der Waals surface area contributed by atoms with Gasteiger partial charge in [0.15, 0.2) is 6.10 Å². The minimum Gasteiger partial charge on any atom is -0.479 e. The Kier molecular flexibility index (Phi) is 6.07. The van der Waals surface area contributed by atoms with Gasteiger partial charge in [-0.25, -0.2) is 9.78 Å². The molecule has 0 bridgehead atoms. The number of ether oxygens (including phenoxy) is 2. The third-order valence-corrected chi connectivity index (χ3v) is 4.90. The van der Waals surface area contributed by atoms with Crippen LogP contribution in [0, 0.1) is 11.3 Å². The van der Waals surface area contributed by atoms with Crippen molar-refractivity contribution in [2.75, 3.05) is 0 Å². The van der Waals surface area contributed by atoms with Crippen LogP contribution < -0.4 is 4.74 Å². The average Bonchev–Trinajstić information content (AvgIpc) is 3.15. The van der Waals surface area contributed by atoms with Crippen molar-refractivity contribution in [3.63, 3.8) is 0 Å². The molecule has 0 aliphatic rings. The standard InChI is InChI=1S/C20H15ClN2O3S/c1-13(26-16-8-6-14(10-22)7-9-16)20(24)25-11-15-12-27-19(23-15)17-4-2-3-5-18(17)21/h2-9,12-13H,11H2,1H3/t13-/m0/s1. The summed E-state index contributed by atoms with van der Waals surface area (Å²) in [5, 5.41) is 12.0. The number of rotatable bonds is 6. The molecule has 1 aromatic heterocycles. The van der Waals surface area contributed by atoms with E-state index in [-0.39, 0.29) is 6.61 Å². The maximum Gasteiger partial charge on any atom is 0.347 e. The first-order chi connectivity index (χ1) is 13.1. The minimum absolute atomic E-state index is 0.0564. The van der Waals surface area contributed by atoms with Crippen molar-refractivity contribution in [3.05, 3.63) is 70.2 Å². The van der Waals surface area contributed by atoms with Crippen molar-refractivity contribution < 1.29 is 14.3 Å². The van der Waals surface area contributed by atoms with Gasteiger partial charge in [0.05, 0.1) is 22.3 Å². The molecule has 1 heterocycles. The van der Waals surface area contributed by atoms with Crippen LogP contribution >= 0.6 is 22.9 Å². The molecular formula is C20H15ClN2O3S. The SMILES string of the molecule is C[C@H](Oc1ccc(C#N)cc1)C(=O)OCc1csc(-c2ccccc2Cl)n1. The Morgan fingerprint density at radius 2 is 2.00 bits per heavy atom. The summed E-state index contributed by atoms with van der Waals surface area (Å²) < 4.78 is 10.8. The molecule has 2 aromatic carbocycles. The number of halogens is 1. The molecule has 0 saturated heterocycles. The van der Waals surface area contributed by atoms with E-state index in [1.54, 1.807) is 37.3 Å². The molecule has 0 spiro atoms. The second-order valence-electron chi connectivity index (χ2n) is 5.63. The fraction of sp³-hybridized carbons (Fsp3) is 0.150. The lowest BCUT2D eigenvalue weighted by molar-refractivity contribution is -0.152. The molecule has 0 fully saturated rings. The summed E-state index contributed by atoms with van der Waals surface area (Å²) in [5.74, 6) is -0.000215. The third kappa shape index (κ3) is 4.85. The second kappa shape index (κ2) is 8.67. The van der Waals surface area contributed by atoms with Crippen LogP contribution in [0.15, 0.2) is 53.9 Å². The number of benzene rings is 2. The molecule has 7 heteroatoms. The van der Waals surface area contributed by atoms with Crippen molar-refractivity contribution in [1.82, 2.24) is 4.98 Å². The second-order valence-corrected chi connectivity index (χ2v) is 6.89. The van der Waals surface area contributed by atoms with Crippen LogP contribution in [0.2, 0.25) is 5.02 Å². The van der Waals surface area contributed by atoms with Crippen molar-refractivity contribution in [3.8, 4) is 22.4 Å². The van der Waals surface area contributed by atoms with Gasteiger partial charge in [0.2, 0.25) is 0 Å². The molecule has 0 aliphatic carbocycles. The van der Waals surface area contributed by atoms with Crippen LogP contribution in [0.25, 0.3) is 10.6 Å². The van der Waals surface area contributed by atoms with Crippen LogP contribution in [0.3, 0.4) is 0 Å². The highest BCUT2D eigenvalue weighted by molar-refractivity contribution is 7.13. The third-order valence-electron chi connectivity index (χ3n) is 3.65. The molecule has 3 rings (SSSR count). The Labute approximate surface area is 165 Å². The number of aromatic nitrogens is 1. The molecule has 0 N–H and O–H groups in total. The van der Waals surface area contributed by atoms with Crippen LogP contribution in [0.1, 0.15) is 18.2 Å². The van der Waals surface area contributed by atoms with Gasteiger partial charge in [-0.3, -0.25) is 0 Å². The van der Waals surface area contributed by atoms with Crippen LogP contribution in [-0.4, -0.2) is 17.1 Å². The molecule has 3 aromatic rings. The Morgan fingerprint density at radius 1 is 1.26 bits per heavy atom. The lowest BCUT2D eigenvalue weighted by Crippen LogP contribution is -2.26. The van der Waals surface area contributed by atoms with Crippen molar-refractivity contribution in [1.29, 1.82) is 5.26 Å². The highest BCUT2D eigenvalue weighted by Crippen LogP contribution is 2.30. The topological polar surface area (TPSA) is 72.2 Å². The molecule has 0 radical (unpaired) electrons. The van der Waals surface area contributed by atoms with Gasteiger partial charge in [-0.2, -0.15) is 5.26 Å². The van der Waals surface area contributed by atoms with Crippen molar-refractivity contribution >= 4 is 28.9 Å². The molecule has 27 heavy (non-hydrogen) atoms. The quantitative estimate of drug-likeness (QED) is 0.555. The first-order valence-electron chi connectivity index (χ1n) is 8.09. The van der Waals surface area contributed by atoms with Gasteiger partial charge in [-0.05, 0) is 37.3 Å². The number of carbonyl (C=O) groups is 1. The van der Waals surface area contributed by atoms with E-state index in [1.165, 1.54) is 11.3 Å². The number of hydrogen-bond donors (Lipinski definition) is 0. The molecule has 0 unspecified atom stereocenters. The lowest BCUT2D eigenvalue weighted by atomic mass is 10.2. The van der Waals surface area contributed by atoms with Gasteiger partial charge in [0.1, 0.15) is 17.4 Å². The number of hydrogen-bond acceptors (Lipinski definition) is 6. The van der Waals surface area contributed by atoms with E-state index >= 15 is 0 Å². The largest absolute Gasteiger partial charge is 0.479 e. The summed E-state index contributed by atoms with van der Waals surface area (Å²) in [6, 6.07) is 16.0. The molecule has 0 aliphatic heterocycles. The number of esters is 1. The zero-order valence-electron chi connectivity index (χ0n) is 14.4. The Balaban J connectivity index is 1.56. The van der Waals surface area contributed by atoms with E-state index in [4.69, 9.17) is 26.3 Å². The van der Waals surface area contributed by atoms with Gasteiger partial charge < -0.3 is 9.47 Å². The van der Waals surface area contributed by atoms with Gasteiger partial charge in [-0.15, -0.1) is 11.3 Å². The summed E-state index contributed by atoms with van der Waals surface area (Å²) in [6.45, 7) is 1.66. The van der Waals surface area contributed by atoms with E-state index in [1.807, 2.05) is 29.6 Å². The average molecular weight is 399 g/mol. The lowest BCUT2D eigenvalue weighted by Gasteiger charge is -2.13. The van der Waals surface area contributed by atoms with Gasteiger partial charge >= 0.3 is 5.97 Å². The summed E-state index contributed by atoms with van der Waals surface area (Å²) in [5.41, 5.74) is 2.02. The maximum absolute atomic E-state index is 12.1. The predicted molar refractivity (Wildman–Crippen MR) is 104 cm³/mol. The predicted octanol–water partition coefficient (Wildman–Crippen LogP) is 4.85. The van der Waals surface area contributed by atoms with E-state index in [0.29, 0.717) is 22.0 Å². The fourth-order valence-corrected chi connectivity index (χ4v) is 3.38. The summed E-state index contributed by atoms with van der Waals surface area (Å²) in [7, 11) is 0. The van der Waals surface area contributed by atoms with E-state index in [2.05, 4.69) is 4.98 Å². The number of nitriles is 1. The number of carbonyl (C=O) groups excluding carboxylic acids is 1. The molecule has 0 saturated carbocycles. The number of nitrogens with zero attached hydrogens (tertiary/aromatic N) is 2. The molecule has 136 valence electrons. The summed E-state index contributed by atoms with van der Waals surface area (Å²) in [4.78, 5) is 16.6. The van der Waals surface area contributed by atoms with Crippen molar-refractivity contribution in [2.24, 2.45) is 0 Å². The molecular weight excluding hydrogens is 384 g/mol. The Bertz CT molecular complexity index is 979. The molecule has 0 amide bonds.